The summed E-state index contributed by atoms with van der Waals surface area (Å²) in [5, 5.41) is 16.0. The van der Waals surface area contributed by atoms with Crippen LogP contribution in [-0.2, 0) is 20.8 Å². The minimum absolute atomic E-state index is 0.00651. The monoisotopic (exact) mass is 462 g/mol. The Morgan fingerprint density at radius 3 is 2.03 bits per heavy atom. The highest BCUT2D eigenvalue weighted by atomic mass is 16.6. The largest absolute Gasteiger partial charge is 0.496 e. The molecule has 34 heavy (non-hydrogen) atoms. The van der Waals surface area contributed by atoms with Crippen molar-refractivity contribution in [2.75, 3.05) is 21.3 Å². The molecule has 0 aliphatic rings. The number of ether oxygens (including phenoxy) is 2. The molecule has 0 saturated heterocycles. The van der Waals surface area contributed by atoms with Crippen LogP contribution in [0.2, 0.25) is 0 Å². The molecule has 0 heterocycles. The summed E-state index contributed by atoms with van der Waals surface area (Å²) in [4.78, 5) is 29.5. The van der Waals surface area contributed by atoms with E-state index in [1.54, 1.807) is 44.6 Å². The molecule has 0 aliphatic carbocycles. The summed E-state index contributed by atoms with van der Waals surface area (Å²) in [5.41, 5.74) is 2.89. The summed E-state index contributed by atoms with van der Waals surface area (Å²) < 4.78 is 10.9. The lowest BCUT2D eigenvalue weighted by Crippen LogP contribution is -2.45. The van der Waals surface area contributed by atoms with Gasteiger partial charge in [-0.25, -0.2) is 4.79 Å². The number of nitrogens with zero attached hydrogens (tertiary/aromatic N) is 1. The smallest absolute Gasteiger partial charge is 0.326 e. The first-order valence-corrected chi connectivity index (χ1v) is 10.5. The molecule has 0 saturated carbocycles. The molecule has 0 fully saturated rings. The predicted octanol–water partition coefficient (Wildman–Crippen LogP) is 3.53. The Kier molecular flexibility index (Phi) is 8.23. The van der Waals surface area contributed by atoms with Crippen LogP contribution in [0.1, 0.15) is 11.1 Å². The molecule has 0 aromatic heterocycles. The normalized spacial score (nSPS) is 11.9. The lowest BCUT2D eigenvalue weighted by atomic mass is 9.99. The fourth-order valence-electron chi connectivity index (χ4n) is 3.52. The van der Waals surface area contributed by atoms with Crippen molar-refractivity contribution in [2.24, 2.45) is 5.16 Å². The number of carboxylic acid groups (broad SMARTS) is 1. The van der Waals surface area contributed by atoms with Crippen LogP contribution < -0.4 is 14.8 Å². The number of hydrogen-bond donors (Lipinski definition) is 2. The van der Waals surface area contributed by atoms with Gasteiger partial charge in [0, 0.05) is 12.0 Å². The maximum atomic E-state index is 12.8. The summed E-state index contributed by atoms with van der Waals surface area (Å²) >= 11 is 0. The first kappa shape index (κ1) is 24.3. The second kappa shape index (κ2) is 11.5. The summed E-state index contributed by atoms with van der Waals surface area (Å²) in [6.07, 6.45) is 0.0828. The third-order valence-corrected chi connectivity index (χ3v) is 5.16. The number of rotatable bonds is 10. The van der Waals surface area contributed by atoms with Gasteiger partial charge in [0.2, 0.25) is 0 Å². The van der Waals surface area contributed by atoms with Crippen molar-refractivity contribution in [1.29, 1.82) is 0 Å². The van der Waals surface area contributed by atoms with E-state index in [0.29, 0.717) is 17.1 Å². The van der Waals surface area contributed by atoms with Crippen LogP contribution in [0.25, 0.3) is 11.1 Å². The number of carboxylic acids is 1. The molecule has 0 bridgehead atoms. The fraction of sp³-hybridized carbons (Fsp3) is 0.192. The predicted molar refractivity (Wildman–Crippen MR) is 128 cm³/mol. The zero-order valence-corrected chi connectivity index (χ0v) is 19.1. The highest BCUT2D eigenvalue weighted by molar-refractivity contribution is 6.45. The molecule has 1 amide bonds. The number of oxime groups is 1. The molecule has 0 spiro atoms. The maximum Gasteiger partial charge on any atom is 0.326 e. The van der Waals surface area contributed by atoms with Gasteiger partial charge in [0.05, 0.1) is 19.8 Å². The summed E-state index contributed by atoms with van der Waals surface area (Å²) in [5.74, 6) is -0.480. The molecule has 2 N–H and O–H groups in total. The standard InChI is InChI=1S/C26H26N2O6/c1-32-21-10-7-11-22(33-2)23(21)18-14-12-17(13-15-18)16-20(26(30)31)27-25(29)24(28-34-3)19-8-5-4-6-9-19/h4-15,20H,16H2,1-3H3,(H,27,29)(H,30,31)/t20-/m0/s1. The Bertz CT molecular complexity index is 1140. The molecular weight excluding hydrogens is 436 g/mol. The second-order valence-corrected chi connectivity index (χ2v) is 7.29. The third kappa shape index (κ3) is 5.72. The minimum atomic E-state index is -1.16. The van der Waals surface area contributed by atoms with Gasteiger partial charge in [0.25, 0.3) is 5.91 Å². The lowest BCUT2D eigenvalue weighted by Gasteiger charge is -2.16. The van der Waals surface area contributed by atoms with E-state index in [4.69, 9.17) is 14.3 Å². The first-order valence-electron chi connectivity index (χ1n) is 10.5. The van der Waals surface area contributed by atoms with Crippen LogP contribution >= 0.6 is 0 Å². The molecule has 8 nitrogen and oxygen atoms in total. The number of methoxy groups -OCH3 is 2. The number of carbonyl (C=O) groups is 2. The topological polar surface area (TPSA) is 106 Å². The van der Waals surface area contributed by atoms with Gasteiger partial charge in [-0.15, -0.1) is 0 Å². The molecule has 0 radical (unpaired) electrons. The van der Waals surface area contributed by atoms with Crippen molar-refractivity contribution in [3.63, 3.8) is 0 Å². The van der Waals surface area contributed by atoms with Crippen LogP contribution in [0.4, 0.5) is 0 Å². The van der Waals surface area contributed by atoms with Gasteiger partial charge in [0.1, 0.15) is 24.7 Å². The second-order valence-electron chi connectivity index (χ2n) is 7.29. The Hall–Kier alpha value is -4.33. The number of benzene rings is 3. The highest BCUT2D eigenvalue weighted by Gasteiger charge is 2.24. The Morgan fingerprint density at radius 2 is 1.50 bits per heavy atom. The lowest BCUT2D eigenvalue weighted by molar-refractivity contribution is -0.141. The number of amides is 1. The van der Waals surface area contributed by atoms with E-state index in [2.05, 4.69) is 10.5 Å². The molecular formula is C26H26N2O6. The van der Waals surface area contributed by atoms with E-state index in [1.165, 1.54) is 7.11 Å². The highest BCUT2D eigenvalue weighted by Crippen LogP contribution is 2.38. The zero-order chi connectivity index (χ0) is 24.5. The molecule has 176 valence electrons. The Morgan fingerprint density at radius 1 is 0.882 bits per heavy atom. The minimum Gasteiger partial charge on any atom is -0.496 e. The fourth-order valence-corrected chi connectivity index (χ4v) is 3.52. The quantitative estimate of drug-likeness (QED) is 0.353. The van der Waals surface area contributed by atoms with Gasteiger partial charge >= 0.3 is 5.97 Å². The number of nitrogens with one attached hydrogen (secondary N) is 1. The van der Waals surface area contributed by atoms with Crippen molar-refractivity contribution in [3.8, 4) is 22.6 Å². The van der Waals surface area contributed by atoms with E-state index < -0.39 is 17.9 Å². The van der Waals surface area contributed by atoms with E-state index >= 15 is 0 Å². The van der Waals surface area contributed by atoms with Crippen molar-refractivity contribution >= 4 is 17.6 Å². The Balaban J connectivity index is 1.80. The summed E-state index contributed by atoms with van der Waals surface area (Å²) in [6.45, 7) is 0. The van der Waals surface area contributed by atoms with E-state index in [0.717, 1.165) is 16.7 Å². The molecule has 0 aliphatic heterocycles. The maximum absolute atomic E-state index is 12.8. The molecule has 1 atom stereocenters. The van der Waals surface area contributed by atoms with Crippen molar-refractivity contribution in [2.45, 2.75) is 12.5 Å². The average molecular weight is 463 g/mol. The third-order valence-electron chi connectivity index (χ3n) is 5.16. The van der Waals surface area contributed by atoms with Crippen LogP contribution in [0.15, 0.2) is 78.0 Å². The van der Waals surface area contributed by atoms with E-state index in [1.807, 2.05) is 42.5 Å². The van der Waals surface area contributed by atoms with Gasteiger partial charge in [-0.05, 0) is 23.3 Å². The molecule has 0 unspecified atom stereocenters. The molecule has 3 rings (SSSR count). The first-order chi connectivity index (χ1) is 16.5. The number of hydrogen-bond acceptors (Lipinski definition) is 6. The van der Waals surface area contributed by atoms with E-state index in [9.17, 15) is 14.7 Å². The van der Waals surface area contributed by atoms with Crippen LogP contribution in [0, 0.1) is 0 Å². The molecule has 3 aromatic rings. The zero-order valence-electron chi connectivity index (χ0n) is 19.1. The van der Waals surface area contributed by atoms with E-state index in [-0.39, 0.29) is 12.1 Å². The van der Waals surface area contributed by atoms with Crippen molar-refractivity contribution in [3.05, 3.63) is 83.9 Å². The van der Waals surface area contributed by atoms with Gasteiger partial charge in [0.15, 0.2) is 5.71 Å². The Labute approximate surface area is 197 Å². The van der Waals surface area contributed by atoms with Crippen molar-refractivity contribution in [1.82, 2.24) is 5.32 Å². The van der Waals surface area contributed by atoms with Gasteiger partial charge in [-0.3, -0.25) is 4.79 Å². The van der Waals surface area contributed by atoms with Crippen LogP contribution in [0.5, 0.6) is 11.5 Å². The van der Waals surface area contributed by atoms with Crippen molar-refractivity contribution < 1.29 is 29.0 Å². The van der Waals surface area contributed by atoms with Gasteiger partial charge in [-0.1, -0.05) is 65.8 Å². The van der Waals surface area contributed by atoms with Gasteiger partial charge in [-0.2, -0.15) is 0 Å². The summed E-state index contributed by atoms with van der Waals surface area (Å²) in [7, 11) is 4.50. The number of carbonyl (C=O) groups excluding carboxylic acids is 1. The van der Waals surface area contributed by atoms with Crippen LogP contribution in [0.3, 0.4) is 0 Å². The summed E-state index contributed by atoms with van der Waals surface area (Å²) in [6, 6.07) is 20.4. The van der Waals surface area contributed by atoms with Gasteiger partial charge < -0.3 is 24.7 Å². The average Bonchev–Trinajstić information content (AvgIpc) is 2.87. The molecule has 8 heteroatoms. The number of aliphatic carboxylic acids is 1. The van der Waals surface area contributed by atoms with Crippen LogP contribution in [-0.4, -0.2) is 50.1 Å². The molecule has 3 aromatic carbocycles. The SMILES string of the molecule is CON=C(C(=O)N[C@@H](Cc1ccc(-c2c(OC)cccc2OC)cc1)C(=O)O)c1ccccc1.